The van der Waals surface area contributed by atoms with E-state index in [9.17, 15) is 5.11 Å². The molecule has 8 heteroatoms. The zero-order valence-corrected chi connectivity index (χ0v) is 14.3. The molecule has 0 aliphatic heterocycles. The maximum atomic E-state index is 9.23. The first kappa shape index (κ1) is 18.8. The number of nitrogens with two attached hydrogens (primary N) is 1. The summed E-state index contributed by atoms with van der Waals surface area (Å²) in [6, 6.07) is 0. The molecule has 0 radical (unpaired) electrons. The van der Waals surface area contributed by atoms with Gasteiger partial charge in [0.05, 0.1) is 23.5 Å². The van der Waals surface area contributed by atoms with E-state index in [0.717, 1.165) is 21.1 Å². The van der Waals surface area contributed by atoms with Crippen LogP contribution in [-0.2, 0) is 19.4 Å². The number of thiazole rings is 1. The van der Waals surface area contributed by atoms with E-state index >= 15 is 0 Å². The molecule has 4 N–H and O–H groups in total. The van der Waals surface area contributed by atoms with Crippen molar-refractivity contribution in [1.29, 1.82) is 0 Å². The Morgan fingerprint density at radius 1 is 1.23 bits per heavy atom. The van der Waals surface area contributed by atoms with Crippen LogP contribution in [0.25, 0.3) is 0 Å². The van der Waals surface area contributed by atoms with Crippen LogP contribution in [0.3, 0.4) is 0 Å². The molecule has 0 amide bonds. The summed E-state index contributed by atoms with van der Waals surface area (Å²) in [5, 5.41) is 19.4. The lowest BCUT2D eigenvalue weighted by molar-refractivity contribution is -0.696. The van der Waals surface area contributed by atoms with E-state index < -0.39 is 0 Å². The molecule has 0 unspecified atom stereocenters. The van der Waals surface area contributed by atoms with E-state index in [2.05, 4.69) is 14.5 Å². The molecule has 0 fully saturated rings. The summed E-state index contributed by atoms with van der Waals surface area (Å²) in [6.07, 6.45) is 2.96. The number of aromatic nitrogens is 3. The van der Waals surface area contributed by atoms with Crippen molar-refractivity contribution in [3.63, 3.8) is 0 Å². The Morgan fingerprint density at radius 3 is 2.50 bits per heavy atom. The van der Waals surface area contributed by atoms with Crippen molar-refractivity contribution in [2.45, 2.75) is 33.2 Å². The Bertz CT molecular complexity index is 634. The third kappa shape index (κ3) is 4.13. The third-order valence-electron chi connectivity index (χ3n) is 3.36. The first-order valence-corrected chi connectivity index (χ1v) is 7.69. The van der Waals surface area contributed by atoms with Gasteiger partial charge in [-0.25, -0.2) is 9.97 Å². The highest BCUT2D eigenvalue weighted by Crippen LogP contribution is 2.19. The van der Waals surface area contributed by atoms with Crippen LogP contribution in [-0.4, -0.2) is 33.4 Å². The normalized spacial score (nSPS) is 10.5. The lowest BCUT2D eigenvalue weighted by Gasteiger charge is -2.03. The van der Waals surface area contributed by atoms with Crippen molar-refractivity contribution < 1.29 is 27.2 Å². The standard InChI is InChI=1S/C14H21N4O2S.ClH/c1-9-12(3-5-19)21-13(4-6-20)18(9)8-11-7-16-10(2)17-14(11)15;/h7,19-20H,3-6,8H2,1-2H3,(H2,15,16,17);1H/q+1;/p-1. The molecule has 2 heterocycles. The van der Waals surface area contributed by atoms with Crippen LogP contribution in [0.15, 0.2) is 6.20 Å². The highest BCUT2D eigenvalue weighted by atomic mass is 35.5. The molecule has 0 aliphatic carbocycles. The molecular weight excluding hydrogens is 324 g/mol. The summed E-state index contributed by atoms with van der Waals surface area (Å²) in [6.45, 7) is 4.62. The predicted octanol–water partition coefficient (Wildman–Crippen LogP) is -2.85. The summed E-state index contributed by atoms with van der Waals surface area (Å²) < 4.78 is 2.12. The summed E-state index contributed by atoms with van der Waals surface area (Å²) in [5.74, 6) is 1.14. The second kappa shape index (κ2) is 8.38. The van der Waals surface area contributed by atoms with Crippen LogP contribution in [0.2, 0.25) is 0 Å². The fourth-order valence-electron chi connectivity index (χ4n) is 2.24. The zero-order valence-electron chi connectivity index (χ0n) is 12.7. The zero-order chi connectivity index (χ0) is 15.4. The minimum absolute atomic E-state index is 0. The number of rotatable bonds is 6. The quantitative estimate of drug-likeness (QED) is 0.490. The maximum absolute atomic E-state index is 9.23. The Labute approximate surface area is 140 Å². The highest BCUT2D eigenvalue weighted by molar-refractivity contribution is 7.11. The van der Waals surface area contributed by atoms with Crippen molar-refractivity contribution in [3.05, 3.63) is 33.2 Å². The molecule has 0 bridgehead atoms. The smallest absolute Gasteiger partial charge is 0.240 e. The minimum atomic E-state index is 0. The van der Waals surface area contributed by atoms with Gasteiger partial charge < -0.3 is 28.4 Å². The number of aryl methyl sites for hydroxylation is 1. The lowest BCUT2D eigenvalue weighted by atomic mass is 10.2. The van der Waals surface area contributed by atoms with Crippen molar-refractivity contribution >= 4 is 17.2 Å². The number of anilines is 1. The Hall–Kier alpha value is -1.28. The molecule has 0 aliphatic rings. The summed E-state index contributed by atoms with van der Waals surface area (Å²) >= 11 is 1.62. The second-order valence-corrected chi connectivity index (χ2v) is 6.03. The lowest BCUT2D eigenvalue weighted by Crippen LogP contribution is -3.00. The van der Waals surface area contributed by atoms with Gasteiger partial charge >= 0.3 is 0 Å². The van der Waals surface area contributed by atoms with Crippen LogP contribution in [0, 0.1) is 13.8 Å². The van der Waals surface area contributed by atoms with Gasteiger partial charge in [-0.3, -0.25) is 0 Å². The average Bonchev–Trinajstić information content (AvgIpc) is 2.71. The molecule has 2 aromatic rings. The van der Waals surface area contributed by atoms with Crippen molar-refractivity contribution in [2.75, 3.05) is 18.9 Å². The molecule has 122 valence electrons. The summed E-state index contributed by atoms with van der Waals surface area (Å²) in [7, 11) is 0. The largest absolute Gasteiger partial charge is 1.00 e. The van der Waals surface area contributed by atoms with Gasteiger partial charge in [0, 0.05) is 26.1 Å². The Balaban J connectivity index is 0.00000242. The highest BCUT2D eigenvalue weighted by Gasteiger charge is 2.23. The van der Waals surface area contributed by atoms with Gasteiger partial charge in [0.15, 0.2) is 12.2 Å². The number of hydrogen-bond acceptors (Lipinski definition) is 6. The van der Waals surface area contributed by atoms with Gasteiger partial charge in [0.1, 0.15) is 11.6 Å². The van der Waals surface area contributed by atoms with E-state index in [1.165, 1.54) is 0 Å². The molecule has 0 saturated carbocycles. The number of nitrogen functional groups attached to an aromatic ring is 1. The van der Waals surface area contributed by atoms with Crippen molar-refractivity contribution in [1.82, 2.24) is 9.97 Å². The van der Waals surface area contributed by atoms with Gasteiger partial charge in [-0.1, -0.05) is 11.3 Å². The monoisotopic (exact) mass is 344 g/mol. The number of aliphatic hydroxyl groups is 2. The topological polar surface area (TPSA) is 96.1 Å². The van der Waals surface area contributed by atoms with Crippen LogP contribution in [0.5, 0.6) is 0 Å². The number of halogens is 1. The molecule has 0 atom stereocenters. The van der Waals surface area contributed by atoms with Gasteiger partial charge in [-0.15, -0.1) is 0 Å². The van der Waals surface area contributed by atoms with Gasteiger partial charge in [0.2, 0.25) is 5.01 Å². The number of nitrogens with zero attached hydrogens (tertiary/aromatic N) is 3. The van der Waals surface area contributed by atoms with E-state index in [1.54, 1.807) is 24.5 Å². The fourth-order valence-corrected chi connectivity index (χ4v) is 3.48. The first-order chi connectivity index (χ1) is 10.1. The summed E-state index contributed by atoms with van der Waals surface area (Å²) in [4.78, 5) is 9.51. The number of aliphatic hydroxyl groups excluding tert-OH is 2. The molecular formula is C14H21ClN4O2S. The van der Waals surface area contributed by atoms with E-state index in [4.69, 9.17) is 10.8 Å². The van der Waals surface area contributed by atoms with Gasteiger partial charge in [-0.05, 0) is 6.92 Å². The van der Waals surface area contributed by atoms with E-state index in [1.807, 2.05) is 6.92 Å². The molecule has 0 aromatic carbocycles. The summed E-state index contributed by atoms with van der Waals surface area (Å²) in [5.41, 5.74) is 7.92. The molecule has 0 saturated heterocycles. The Morgan fingerprint density at radius 2 is 1.91 bits per heavy atom. The maximum Gasteiger partial charge on any atom is 0.240 e. The molecule has 6 nitrogen and oxygen atoms in total. The molecule has 0 spiro atoms. The fraction of sp³-hybridized carbons (Fsp3) is 0.500. The molecule has 2 rings (SSSR count). The van der Waals surface area contributed by atoms with Gasteiger partial charge in [0.25, 0.3) is 0 Å². The average molecular weight is 345 g/mol. The van der Waals surface area contributed by atoms with Crippen LogP contribution in [0.1, 0.15) is 27.0 Å². The number of hydrogen-bond donors (Lipinski definition) is 3. The Kier molecular flexibility index (Phi) is 7.15. The van der Waals surface area contributed by atoms with Crippen LogP contribution >= 0.6 is 11.3 Å². The van der Waals surface area contributed by atoms with Gasteiger partial charge in [-0.2, -0.15) is 4.57 Å². The van der Waals surface area contributed by atoms with Crippen LogP contribution < -0.4 is 22.7 Å². The second-order valence-electron chi connectivity index (χ2n) is 4.87. The third-order valence-corrected chi connectivity index (χ3v) is 4.77. The molecule has 2 aromatic heterocycles. The van der Waals surface area contributed by atoms with E-state index in [-0.39, 0.29) is 25.6 Å². The molecule has 22 heavy (non-hydrogen) atoms. The van der Waals surface area contributed by atoms with E-state index in [0.29, 0.717) is 31.0 Å². The first-order valence-electron chi connectivity index (χ1n) is 6.87. The van der Waals surface area contributed by atoms with Crippen LogP contribution in [0.4, 0.5) is 5.82 Å². The SMILES string of the molecule is Cc1ncc(C[n+]2c(CCO)sc(CCO)c2C)c(N)n1.[Cl-]. The van der Waals surface area contributed by atoms with Crippen molar-refractivity contribution in [3.8, 4) is 0 Å². The minimum Gasteiger partial charge on any atom is -1.00 e. The van der Waals surface area contributed by atoms with Crippen molar-refractivity contribution in [2.24, 2.45) is 0 Å². The predicted molar refractivity (Wildman–Crippen MR) is 81.1 cm³/mol.